The molecule has 1 N–H and O–H groups in total. The lowest BCUT2D eigenvalue weighted by Gasteiger charge is -2.25. The number of alkyl halides is 1. The van der Waals surface area contributed by atoms with Crippen LogP contribution in [0.5, 0.6) is 0 Å². The summed E-state index contributed by atoms with van der Waals surface area (Å²) in [5.74, 6) is 0.260. The van der Waals surface area contributed by atoms with Crippen molar-refractivity contribution in [1.29, 1.82) is 0 Å². The number of nitrogens with one attached hydrogen (secondary N) is 1. The van der Waals surface area contributed by atoms with Crippen molar-refractivity contribution < 1.29 is 8.78 Å². The van der Waals surface area contributed by atoms with Gasteiger partial charge in [0.15, 0.2) is 0 Å². The maximum absolute atomic E-state index is 13.8. The zero-order chi connectivity index (χ0) is 12.1. The number of rotatable bonds is 4. The summed E-state index contributed by atoms with van der Waals surface area (Å²) in [5.41, 5.74) is 1.83. The smallest absolute Gasteiger partial charge is 0.126 e. The van der Waals surface area contributed by atoms with E-state index in [0.29, 0.717) is 18.8 Å². The Bertz CT molecular complexity index is 359. The van der Waals surface area contributed by atoms with E-state index in [-0.39, 0.29) is 12.5 Å². The van der Waals surface area contributed by atoms with Gasteiger partial charge >= 0.3 is 0 Å². The van der Waals surface area contributed by atoms with Crippen molar-refractivity contribution in [2.75, 3.05) is 19.8 Å². The van der Waals surface area contributed by atoms with Gasteiger partial charge in [0.25, 0.3) is 0 Å². The van der Waals surface area contributed by atoms with Crippen molar-refractivity contribution >= 4 is 0 Å². The molecule has 1 fully saturated rings. The molecule has 94 valence electrons. The first-order chi connectivity index (χ1) is 8.33. The van der Waals surface area contributed by atoms with Gasteiger partial charge < -0.3 is 5.32 Å². The van der Waals surface area contributed by atoms with E-state index in [2.05, 4.69) is 5.32 Å². The lowest BCUT2D eigenvalue weighted by Crippen LogP contribution is -2.27. The van der Waals surface area contributed by atoms with E-state index in [1.54, 1.807) is 6.07 Å². The predicted octanol–water partition coefficient (Wildman–Crippen LogP) is 3.19. The summed E-state index contributed by atoms with van der Waals surface area (Å²) in [6.07, 6.45) is 3.03. The summed E-state index contributed by atoms with van der Waals surface area (Å²) >= 11 is 0. The van der Waals surface area contributed by atoms with Crippen LogP contribution >= 0.6 is 0 Å². The topological polar surface area (TPSA) is 12.0 Å². The minimum absolute atomic E-state index is 0.172. The number of benzene rings is 1. The molecular weight excluding hydrogens is 220 g/mol. The number of halogens is 2. The van der Waals surface area contributed by atoms with Gasteiger partial charge in [-0.3, -0.25) is 4.39 Å². The molecule has 0 saturated carbocycles. The zero-order valence-corrected chi connectivity index (χ0v) is 10.0. The second kappa shape index (κ2) is 6.10. The van der Waals surface area contributed by atoms with Crippen LogP contribution in [0.25, 0.3) is 0 Å². The first-order valence-electron chi connectivity index (χ1n) is 6.37. The Kier molecular flexibility index (Phi) is 4.49. The van der Waals surface area contributed by atoms with Gasteiger partial charge in [-0.2, -0.15) is 0 Å². The summed E-state index contributed by atoms with van der Waals surface area (Å²) in [5, 5.41) is 3.31. The largest absolute Gasteiger partial charge is 0.317 e. The summed E-state index contributed by atoms with van der Waals surface area (Å²) in [7, 11) is 0. The minimum atomic E-state index is -0.375. The molecule has 1 saturated heterocycles. The molecule has 0 unspecified atom stereocenters. The van der Waals surface area contributed by atoms with E-state index in [1.807, 2.05) is 6.07 Å². The third-order valence-corrected chi connectivity index (χ3v) is 3.49. The van der Waals surface area contributed by atoms with E-state index in [1.165, 1.54) is 6.07 Å². The summed E-state index contributed by atoms with van der Waals surface area (Å²) in [6, 6.07) is 5.26. The molecule has 3 heteroatoms. The molecule has 1 aromatic carbocycles. The average molecular weight is 239 g/mol. The molecule has 17 heavy (non-hydrogen) atoms. The van der Waals surface area contributed by atoms with Crippen LogP contribution in [0.15, 0.2) is 18.2 Å². The molecule has 0 aromatic heterocycles. The highest BCUT2D eigenvalue weighted by molar-refractivity contribution is 5.32. The predicted molar refractivity (Wildman–Crippen MR) is 65.5 cm³/mol. The molecular formula is C14H19F2N. The second-order valence-electron chi connectivity index (χ2n) is 4.62. The first-order valence-corrected chi connectivity index (χ1v) is 6.37. The Hall–Kier alpha value is -0.960. The monoisotopic (exact) mass is 239 g/mol. The molecule has 0 radical (unpaired) electrons. The van der Waals surface area contributed by atoms with Gasteiger partial charge in [0.05, 0.1) is 6.67 Å². The molecule has 1 heterocycles. The number of piperidine rings is 1. The van der Waals surface area contributed by atoms with Crippen LogP contribution in [0.2, 0.25) is 0 Å². The lowest BCUT2D eigenvalue weighted by molar-refractivity contribution is 0.447. The molecule has 0 bridgehead atoms. The maximum atomic E-state index is 13.8. The highest BCUT2D eigenvalue weighted by Crippen LogP contribution is 2.30. The van der Waals surface area contributed by atoms with Crippen LogP contribution in [0.3, 0.4) is 0 Å². The summed E-state index contributed by atoms with van der Waals surface area (Å²) in [6.45, 7) is 1.60. The zero-order valence-electron chi connectivity index (χ0n) is 10.0. The van der Waals surface area contributed by atoms with Crippen LogP contribution in [0.1, 0.15) is 36.3 Å². The van der Waals surface area contributed by atoms with Crippen molar-refractivity contribution in [3.8, 4) is 0 Å². The SMILES string of the molecule is FCCCc1c(F)cccc1C1CCNCC1. The molecule has 0 spiro atoms. The van der Waals surface area contributed by atoms with Gasteiger partial charge in [-0.25, -0.2) is 4.39 Å². The third kappa shape index (κ3) is 3.03. The van der Waals surface area contributed by atoms with Crippen molar-refractivity contribution in [2.45, 2.75) is 31.6 Å². The lowest BCUT2D eigenvalue weighted by atomic mass is 9.86. The van der Waals surface area contributed by atoms with Crippen molar-refractivity contribution in [1.82, 2.24) is 5.32 Å². The van der Waals surface area contributed by atoms with E-state index in [4.69, 9.17) is 0 Å². The van der Waals surface area contributed by atoms with Crippen LogP contribution in [-0.2, 0) is 6.42 Å². The van der Waals surface area contributed by atoms with E-state index >= 15 is 0 Å². The first kappa shape index (κ1) is 12.5. The molecule has 1 aliphatic rings. The van der Waals surface area contributed by atoms with Crippen molar-refractivity contribution in [2.24, 2.45) is 0 Å². The summed E-state index contributed by atoms with van der Waals surface area (Å²) in [4.78, 5) is 0. The highest BCUT2D eigenvalue weighted by atomic mass is 19.1. The Balaban J connectivity index is 2.21. The molecule has 1 nitrogen and oxygen atoms in total. The van der Waals surface area contributed by atoms with Crippen LogP contribution in [0.4, 0.5) is 8.78 Å². The Morgan fingerprint density at radius 1 is 1.24 bits per heavy atom. The van der Waals surface area contributed by atoms with Crippen LogP contribution < -0.4 is 5.32 Å². The fraction of sp³-hybridized carbons (Fsp3) is 0.571. The van der Waals surface area contributed by atoms with E-state index in [9.17, 15) is 8.78 Å². The van der Waals surface area contributed by atoms with Crippen LogP contribution in [0, 0.1) is 5.82 Å². The van der Waals surface area contributed by atoms with E-state index < -0.39 is 0 Å². The molecule has 0 atom stereocenters. The quantitative estimate of drug-likeness (QED) is 0.850. The standard InChI is InChI=1S/C14H19F2N/c15-8-2-4-13-12(3-1-5-14(13)16)11-6-9-17-10-7-11/h1,3,5,11,17H,2,4,6-10H2. The highest BCUT2D eigenvalue weighted by Gasteiger charge is 2.19. The van der Waals surface area contributed by atoms with Crippen LogP contribution in [-0.4, -0.2) is 19.8 Å². The fourth-order valence-electron chi connectivity index (χ4n) is 2.60. The average Bonchev–Trinajstić information content (AvgIpc) is 2.38. The Morgan fingerprint density at radius 3 is 2.71 bits per heavy atom. The number of hydrogen-bond acceptors (Lipinski definition) is 1. The second-order valence-corrected chi connectivity index (χ2v) is 4.62. The van der Waals surface area contributed by atoms with Crippen molar-refractivity contribution in [3.05, 3.63) is 35.1 Å². The maximum Gasteiger partial charge on any atom is 0.126 e. The molecule has 0 aliphatic carbocycles. The van der Waals surface area contributed by atoms with Crippen molar-refractivity contribution in [3.63, 3.8) is 0 Å². The van der Waals surface area contributed by atoms with Gasteiger partial charge in [0, 0.05) is 0 Å². The molecule has 2 rings (SSSR count). The Labute approximate surface area is 101 Å². The Morgan fingerprint density at radius 2 is 2.00 bits per heavy atom. The van der Waals surface area contributed by atoms with Gasteiger partial charge in [0.1, 0.15) is 5.82 Å². The third-order valence-electron chi connectivity index (χ3n) is 3.49. The van der Waals surface area contributed by atoms with Gasteiger partial charge in [-0.1, -0.05) is 12.1 Å². The number of hydrogen-bond donors (Lipinski definition) is 1. The summed E-state index contributed by atoms with van der Waals surface area (Å²) < 4.78 is 26.0. The molecule has 1 aliphatic heterocycles. The minimum Gasteiger partial charge on any atom is -0.317 e. The van der Waals surface area contributed by atoms with Gasteiger partial charge in [-0.05, 0) is 61.9 Å². The van der Waals surface area contributed by atoms with Gasteiger partial charge in [-0.15, -0.1) is 0 Å². The molecule has 0 amide bonds. The normalized spacial score (nSPS) is 17.3. The molecule has 1 aromatic rings. The van der Waals surface area contributed by atoms with Gasteiger partial charge in [0.2, 0.25) is 0 Å². The fourth-order valence-corrected chi connectivity index (χ4v) is 2.60. The van der Waals surface area contributed by atoms with E-state index in [0.717, 1.165) is 37.1 Å².